The van der Waals surface area contributed by atoms with Gasteiger partial charge in [-0.05, 0) is 57.3 Å². The fourth-order valence-corrected chi connectivity index (χ4v) is 3.91. The Kier molecular flexibility index (Phi) is 7.88. The van der Waals surface area contributed by atoms with Crippen molar-refractivity contribution in [2.24, 2.45) is 0 Å². The summed E-state index contributed by atoms with van der Waals surface area (Å²) >= 11 is 3.75. The first-order chi connectivity index (χ1) is 11.3. The summed E-state index contributed by atoms with van der Waals surface area (Å²) in [5.74, 6) is -1.70. The van der Waals surface area contributed by atoms with Gasteiger partial charge in [-0.15, -0.1) is 0 Å². The molecular weight excluding hydrogens is 597 g/mol. The van der Waals surface area contributed by atoms with Gasteiger partial charge in [-0.2, -0.15) is 13.2 Å². The van der Waals surface area contributed by atoms with Crippen LogP contribution in [0.4, 0.5) is 13.2 Å². The molecule has 0 aliphatic heterocycles. The zero-order valence-corrected chi connectivity index (χ0v) is 17.4. The lowest BCUT2D eigenvalue weighted by Crippen LogP contribution is -2.38. The number of carbonyl (C=O) groups excluding carboxylic acids is 2. The van der Waals surface area contributed by atoms with Gasteiger partial charge in [0.05, 0.1) is 3.57 Å². The number of halogens is 5. The minimum Gasteiger partial charge on any atom is -0.461 e. The highest BCUT2D eigenvalue weighted by Crippen LogP contribution is 2.29. The number of esters is 2. The minimum absolute atomic E-state index is 0.0469. The molecule has 0 spiro atoms. The second-order valence-electron chi connectivity index (χ2n) is 4.34. The van der Waals surface area contributed by atoms with E-state index < -0.39 is 40.6 Å². The smallest absolute Gasteiger partial charge is 0.461 e. The zero-order valence-electron chi connectivity index (χ0n) is 12.3. The summed E-state index contributed by atoms with van der Waals surface area (Å²) in [5.41, 5.74) is -5.56. The molecule has 0 radical (unpaired) electrons. The molecule has 0 saturated heterocycles. The van der Waals surface area contributed by atoms with Gasteiger partial charge in [-0.1, -0.05) is 0 Å². The van der Waals surface area contributed by atoms with Gasteiger partial charge in [0, 0.05) is 17.0 Å². The topological polar surface area (TPSA) is 98.8 Å². The lowest BCUT2D eigenvalue weighted by molar-refractivity contribution is -0.131. The lowest BCUT2D eigenvalue weighted by Gasteiger charge is -2.12. The third-order valence-electron chi connectivity index (χ3n) is 2.41. The van der Waals surface area contributed by atoms with Crippen molar-refractivity contribution in [1.82, 2.24) is 4.72 Å². The average Bonchev–Trinajstić information content (AvgIpc) is 2.44. The lowest BCUT2D eigenvalue weighted by atomic mass is 10.2. The van der Waals surface area contributed by atoms with E-state index in [-0.39, 0.29) is 11.3 Å². The van der Waals surface area contributed by atoms with Crippen molar-refractivity contribution >= 4 is 67.1 Å². The summed E-state index contributed by atoms with van der Waals surface area (Å²) < 4.78 is 70.0. The van der Waals surface area contributed by atoms with Crippen LogP contribution in [-0.4, -0.2) is 39.0 Å². The molecule has 0 fully saturated rings. The molecular formula is C12H10F3I2NO6S. The highest BCUT2D eigenvalue weighted by Gasteiger charge is 2.45. The van der Waals surface area contributed by atoms with Gasteiger partial charge in [0.2, 0.25) is 0 Å². The van der Waals surface area contributed by atoms with E-state index in [1.54, 1.807) is 6.07 Å². The Bertz CT molecular complexity index is 782. The van der Waals surface area contributed by atoms with Crippen LogP contribution in [0.3, 0.4) is 0 Å². The highest BCUT2D eigenvalue weighted by atomic mass is 127. The number of hydrogen-bond acceptors (Lipinski definition) is 6. The molecule has 0 saturated carbocycles. The van der Waals surface area contributed by atoms with E-state index in [4.69, 9.17) is 9.47 Å². The normalized spacial score (nSPS) is 11.9. The van der Waals surface area contributed by atoms with Crippen LogP contribution in [0.5, 0.6) is 5.75 Å². The van der Waals surface area contributed by atoms with Crippen LogP contribution >= 0.6 is 45.2 Å². The van der Waals surface area contributed by atoms with E-state index in [1.165, 1.54) is 10.8 Å². The number of benzene rings is 1. The van der Waals surface area contributed by atoms with Gasteiger partial charge in [0.1, 0.15) is 12.2 Å². The van der Waals surface area contributed by atoms with E-state index in [9.17, 15) is 31.2 Å². The Balaban J connectivity index is 2.80. The number of nitrogens with one attached hydrogen (secondary N) is 1. The number of alkyl halides is 3. The summed E-state index contributed by atoms with van der Waals surface area (Å²) in [6, 6.07) is 3.00. The number of rotatable bonds is 6. The van der Waals surface area contributed by atoms with E-state index >= 15 is 0 Å². The number of carbonyl (C=O) groups is 2. The van der Waals surface area contributed by atoms with Crippen molar-refractivity contribution in [1.29, 1.82) is 0 Å². The predicted octanol–water partition coefficient (Wildman–Crippen LogP) is 2.42. The molecule has 0 aliphatic rings. The van der Waals surface area contributed by atoms with Crippen LogP contribution < -0.4 is 9.46 Å². The molecule has 7 nitrogen and oxygen atoms in total. The van der Waals surface area contributed by atoms with E-state index in [1.807, 2.05) is 45.2 Å². The molecule has 1 rings (SSSR count). The summed E-state index contributed by atoms with van der Waals surface area (Å²) in [4.78, 5) is 23.2. The van der Waals surface area contributed by atoms with Crippen molar-refractivity contribution < 1.29 is 40.7 Å². The number of hydrogen-bond donors (Lipinski definition) is 1. The van der Waals surface area contributed by atoms with Gasteiger partial charge in [0.15, 0.2) is 5.75 Å². The summed E-state index contributed by atoms with van der Waals surface area (Å²) in [6.45, 7) is -0.276. The molecule has 1 aromatic rings. The van der Waals surface area contributed by atoms with Gasteiger partial charge in [0.25, 0.3) is 0 Å². The van der Waals surface area contributed by atoms with Crippen molar-refractivity contribution in [2.45, 2.75) is 12.4 Å². The van der Waals surface area contributed by atoms with Crippen LogP contribution in [-0.2, 0) is 19.6 Å². The highest BCUT2D eigenvalue weighted by molar-refractivity contribution is 14.1. The monoisotopic (exact) mass is 607 g/mol. The van der Waals surface area contributed by atoms with E-state index in [2.05, 4.69) is 0 Å². The quantitative estimate of drug-likeness (QED) is 0.231. The molecule has 140 valence electrons. The molecule has 0 bridgehead atoms. The van der Waals surface area contributed by atoms with Gasteiger partial charge < -0.3 is 9.47 Å². The fraction of sp³-hybridized carbons (Fsp3) is 0.333. The molecule has 0 aromatic heterocycles. The SMILES string of the molecule is CC(=O)Oc1c(I)cc(I)cc1C(=O)OCCNS(=O)(=O)C(F)(F)F. The van der Waals surface area contributed by atoms with Crippen LogP contribution in [0.15, 0.2) is 12.1 Å². The summed E-state index contributed by atoms with van der Waals surface area (Å²) in [6.07, 6.45) is 0. The zero-order chi connectivity index (χ0) is 19.4. The van der Waals surface area contributed by atoms with Gasteiger partial charge in [-0.25, -0.2) is 17.9 Å². The van der Waals surface area contributed by atoms with Crippen molar-refractivity contribution in [3.05, 3.63) is 24.8 Å². The molecule has 1 N–H and O–H groups in total. The standard InChI is InChI=1S/C12H10F3I2NO6S/c1-6(19)24-10-8(4-7(16)5-9(10)17)11(20)23-3-2-18-25(21,22)12(13,14)15/h4-5,18H,2-3H2,1H3. The van der Waals surface area contributed by atoms with Gasteiger partial charge >= 0.3 is 27.5 Å². The maximum Gasteiger partial charge on any atom is 0.511 e. The first kappa shape index (κ1) is 22.4. The van der Waals surface area contributed by atoms with E-state index in [0.717, 1.165) is 6.92 Å². The molecule has 0 unspecified atom stereocenters. The summed E-state index contributed by atoms with van der Waals surface area (Å²) in [7, 11) is -5.51. The average molecular weight is 607 g/mol. The molecule has 0 atom stereocenters. The Labute approximate surface area is 168 Å². The molecule has 0 heterocycles. The maximum absolute atomic E-state index is 12.1. The van der Waals surface area contributed by atoms with E-state index in [0.29, 0.717) is 7.14 Å². The predicted molar refractivity (Wildman–Crippen MR) is 96.4 cm³/mol. The minimum atomic E-state index is -5.51. The van der Waals surface area contributed by atoms with Crippen molar-refractivity contribution in [2.75, 3.05) is 13.2 Å². The second kappa shape index (κ2) is 8.81. The first-order valence-corrected chi connectivity index (χ1v) is 9.89. The largest absolute Gasteiger partial charge is 0.511 e. The molecule has 1 aromatic carbocycles. The fourth-order valence-electron chi connectivity index (χ4n) is 1.44. The van der Waals surface area contributed by atoms with Crippen LogP contribution in [0.1, 0.15) is 17.3 Å². The Morgan fingerprint density at radius 1 is 1.24 bits per heavy atom. The molecule has 13 heteroatoms. The second-order valence-corrected chi connectivity index (χ2v) is 8.50. The van der Waals surface area contributed by atoms with Crippen molar-refractivity contribution in [3.8, 4) is 5.75 Å². The van der Waals surface area contributed by atoms with Crippen LogP contribution in [0, 0.1) is 7.14 Å². The molecule has 25 heavy (non-hydrogen) atoms. The third-order valence-corrected chi connectivity index (χ3v) is 5.02. The maximum atomic E-state index is 12.1. The third kappa shape index (κ3) is 6.52. The van der Waals surface area contributed by atoms with Gasteiger partial charge in [-0.3, -0.25) is 4.79 Å². The molecule has 0 amide bonds. The Morgan fingerprint density at radius 2 is 1.84 bits per heavy atom. The number of ether oxygens (including phenoxy) is 2. The summed E-state index contributed by atoms with van der Waals surface area (Å²) in [5, 5.41) is 0. The molecule has 0 aliphatic carbocycles. The van der Waals surface area contributed by atoms with Crippen LogP contribution in [0.2, 0.25) is 0 Å². The van der Waals surface area contributed by atoms with Crippen molar-refractivity contribution in [3.63, 3.8) is 0 Å². The Hall–Kier alpha value is -0.680. The number of sulfonamides is 1. The Morgan fingerprint density at radius 3 is 2.36 bits per heavy atom. The van der Waals surface area contributed by atoms with Crippen LogP contribution in [0.25, 0.3) is 0 Å². The first-order valence-electron chi connectivity index (χ1n) is 6.25.